The molecule has 0 unspecified atom stereocenters. The van der Waals surface area contributed by atoms with Crippen LogP contribution in [0.2, 0.25) is 19.6 Å². The van der Waals surface area contributed by atoms with Crippen LogP contribution in [0.3, 0.4) is 0 Å². The minimum Gasteiger partial charge on any atom is -0.480 e. The van der Waals surface area contributed by atoms with Crippen LogP contribution >= 0.6 is 0 Å². The number of esters is 3. The average molecular weight is 691 g/mol. The van der Waals surface area contributed by atoms with E-state index in [1.54, 1.807) is 91.0 Å². The Labute approximate surface area is 289 Å². The van der Waals surface area contributed by atoms with Crippen molar-refractivity contribution in [3.05, 3.63) is 120 Å². The summed E-state index contributed by atoms with van der Waals surface area (Å²) in [6, 6.07) is 25.2. The van der Waals surface area contributed by atoms with Gasteiger partial charge in [-0.05, 0) is 36.4 Å². The number of benzene rings is 3. The van der Waals surface area contributed by atoms with E-state index in [2.05, 4.69) is 41.1 Å². The van der Waals surface area contributed by atoms with Crippen molar-refractivity contribution in [2.45, 2.75) is 44.2 Å². The molecule has 12 nitrogen and oxygen atoms in total. The van der Waals surface area contributed by atoms with Crippen LogP contribution < -0.4 is 4.74 Å². The molecule has 1 aliphatic rings. The van der Waals surface area contributed by atoms with Crippen LogP contribution in [-0.2, 0) is 18.9 Å². The van der Waals surface area contributed by atoms with Gasteiger partial charge in [0.2, 0.25) is 5.88 Å². The molecule has 6 rings (SSSR count). The van der Waals surface area contributed by atoms with E-state index in [0.29, 0.717) is 16.6 Å². The van der Waals surface area contributed by atoms with Gasteiger partial charge in [-0.25, -0.2) is 29.0 Å². The van der Waals surface area contributed by atoms with Crippen LogP contribution in [-0.4, -0.2) is 77.8 Å². The fraction of sp³-hybridized carbons (Fsp3) is 0.243. The Hall–Kier alpha value is -5.84. The largest absolute Gasteiger partial charge is 0.480 e. The molecule has 254 valence electrons. The minimum absolute atomic E-state index is 0.234. The summed E-state index contributed by atoms with van der Waals surface area (Å²) in [6.45, 7) is 5.94. The van der Waals surface area contributed by atoms with Crippen molar-refractivity contribution < 1.29 is 38.1 Å². The zero-order chi connectivity index (χ0) is 35.3. The van der Waals surface area contributed by atoms with Crippen molar-refractivity contribution in [3.8, 4) is 17.3 Å². The molecule has 1 fully saturated rings. The van der Waals surface area contributed by atoms with E-state index in [1.165, 1.54) is 18.1 Å². The van der Waals surface area contributed by atoms with Gasteiger partial charge in [0.15, 0.2) is 24.1 Å². The lowest BCUT2D eigenvalue weighted by atomic mass is 10.1. The Morgan fingerprint density at radius 2 is 1.32 bits per heavy atom. The molecule has 0 N–H and O–H groups in total. The number of hydrogen-bond acceptors (Lipinski definition) is 11. The summed E-state index contributed by atoms with van der Waals surface area (Å²) in [5.41, 5.74) is 4.75. The van der Waals surface area contributed by atoms with Gasteiger partial charge in [0.25, 0.3) is 0 Å². The highest BCUT2D eigenvalue weighted by molar-refractivity contribution is 6.83. The van der Waals surface area contributed by atoms with Crippen LogP contribution in [0.25, 0.3) is 11.0 Å². The second-order valence-electron chi connectivity index (χ2n) is 12.4. The molecule has 3 heterocycles. The molecule has 0 bridgehead atoms. The summed E-state index contributed by atoms with van der Waals surface area (Å²) >= 11 is 0. The van der Waals surface area contributed by atoms with Crippen molar-refractivity contribution in [2.75, 3.05) is 13.7 Å². The summed E-state index contributed by atoms with van der Waals surface area (Å²) in [4.78, 5) is 48.9. The maximum atomic E-state index is 13.6. The second-order valence-corrected chi connectivity index (χ2v) is 17.1. The molecule has 5 aromatic rings. The maximum Gasteiger partial charge on any atom is 0.338 e. The topological polar surface area (TPSA) is 141 Å². The van der Waals surface area contributed by atoms with Gasteiger partial charge in [-0.3, -0.25) is 0 Å². The van der Waals surface area contributed by atoms with Crippen molar-refractivity contribution >= 4 is 37.0 Å². The standard InChI is InChI=1S/C37H34N4O8Si/c1-45-33-29-27(20-21-50(2,3)4)40-41(32(29)38-23-39-33)34-31(49-37(44)26-18-12-7-13-19-26)30(48-36(43)25-16-10-6-11-17-25)28(47-34)22-46-35(42)24-14-8-5-9-15-24/h5-19,23,28,30-31,34H,22H2,1-4H3/t28-,30-,31-,34-/m1/s1. The Bertz CT molecular complexity index is 2060. The van der Waals surface area contributed by atoms with E-state index in [9.17, 15) is 14.4 Å². The number of carbonyl (C=O) groups is 3. The molecule has 0 radical (unpaired) electrons. The molecule has 0 amide bonds. The van der Waals surface area contributed by atoms with E-state index in [-0.39, 0.29) is 29.3 Å². The zero-order valence-electron chi connectivity index (χ0n) is 27.8. The summed E-state index contributed by atoms with van der Waals surface area (Å²) in [6.07, 6.45) is -3.57. The van der Waals surface area contributed by atoms with E-state index < -0.39 is 50.5 Å². The van der Waals surface area contributed by atoms with Crippen LogP contribution in [0.1, 0.15) is 43.0 Å². The lowest BCUT2D eigenvalue weighted by Gasteiger charge is -2.24. The van der Waals surface area contributed by atoms with Gasteiger partial charge in [-0.15, -0.1) is 5.54 Å². The number of carbonyl (C=O) groups excluding carboxylic acids is 3. The van der Waals surface area contributed by atoms with Crippen LogP contribution in [0.5, 0.6) is 5.88 Å². The first-order valence-corrected chi connectivity index (χ1v) is 19.3. The molecule has 0 saturated carbocycles. The summed E-state index contributed by atoms with van der Waals surface area (Å²) < 4.78 is 31.3. The minimum atomic E-state index is -1.87. The lowest BCUT2D eigenvalue weighted by molar-refractivity contribution is -0.0654. The van der Waals surface area contributed by atoms with Gasteiger partial charge >= 0.3 is 17.9 Å². The predicted molar refractivity (Wildman–Crippen MR) is 184 cm³/mol. The summed E-state index contributed by atoms with van der Waals surface area (Å²) in [5.74, 6) is 1.38. The van der Waals surface area contributed by atoms with E-state index in [4.69, 9.17) is 28.8 Å². The van der Waals surface area contributed by atoms with Gasteiger partial charge in [-0.2, -0.15) is 5.10 Å². The molecule has 13 heteroatoms. The molecule has 2 aromatic heterocycles. The fourth-order valence-electron chi connectivity index (χ4n) is 5.27. The van der Waals surface area contributed by atoms with E-state index in [1.807, 2.05) is 0 Å². The molecule has 0 aliphatic carbocycles. The maximum absolute atomic E-state index is 13.6. The van der Waals surface area contributed by atoms with Gasteiger partial charge in [0.1, 0.15) is 38.2 Å². The molecule has 4 atom stereocenters. The average Bonchev–Trinajstić information content (AvgIpc) is 3.67. The number of ether oxygens (including phenoxy) is 5. The highest BCUT2D eigenvalue weighted by Crippen LogP contribution is 2.38. The number of hydrogen-bond donors (Lipinski definition) is 0. The Morgan fingerprint density at radius 3 is 1.86 bits per heavy atom. The van der Waals surface area contributed by atoms with E-state index in [0.717, 1.165) is 0 Å². The summed E-state index contributed by atoms with van der Waals surface area (Å²) in [7, 11) is -0.397. The molecule has 3 aromatic carbocycles. The molecule has 50 heavy (non-hydrogen) atoms. The first kappa shape index (κ1) is 34.0. The van der Waals surface area contributed by atoms with Crippen LogP contribution in [0.4, 0.5) is 0 Å². The van der Waals surface area contributed by atoms with Crippen molar-refractivity contribution in [1.29, 1.82) is 0 Å². The third-order valence-corrected chi connectivity index (χ3v) is 8.50. The number of aromatic nitrogens is 4. The van der Waals surface area contributed by atoms with Gasteiger partial charge < -0.3 is 23.7 Å². The van der Waals surface area contributed by atoms with E-state index >= 15 is 0 Å². The molecule has 1 saturated heterocycles. The van der Waals surface area contributed by atoms with Crippen molar-refractivity contribution in [1.82, 2.24) is 19.7 Å². The lowest BCUT2D eigenvalue weighted by Crippen LogP contribution is -2.41. The number of fused-ring (bicyclic) bond motifs is 1. The monoisotopic (exact) mass is 690 g/mol. The van der Waals surface area contributed by atoms with Gasteiger partial charge in [0, 0.05) is 0 Å². The Morgan fingerprint density at radius 1 is 0.780 bits per heavy atom. The highest BCUT2D eigenvalue weighted by atomic mass is 28.3. The number of nitrogens with zero attached hydrogens (tertiary/aromatic N) is 4. The first-order valence-electron chi connectivity index (χ1n) is 15.8. The number of methoxy groups -OCH3 is 1. The van der Waals surface area contributed by atoms with Crippen LogP contribution in [0, 0.1) is 11.5 Å². The zero-order valence-corrected chi connectivity index (χ0v) is 28.8. The third-order valence-electron chi connectivity index (χ3n) is 7.62. The molecule has 0 spiro atoms. The number of rotatable bonds is 9. The second kappa shape index (κ2) is 14.7. The summed E-state index contributed by atoms with van der Waals surface area (Å²) in [5, 5.41) is 5.21. The van der Waals surface area contributed by atoms with Crippen molar-refractivity contribution in [2.24, 2.45) is 0 Å². The highest BCUT2D eigenvalue weighted by Gasteiger charge is 2.52. The third kappa shape index (κ3) is 7.56. The molecular formula is C37H34N4O8Si. The van der Waals surface area contributed by atoms with Gasteiger partial charge in [-0.1, -0.05) is 80.2 Å². The quantitative estimate of drug-likeness (QED) is 0.0865. The molecule has 1 aliphatic heterocycles. The first-order chi connectivity index (χ1) is 24.1. The normalized spacial score (nSPS) is 18.5. The van der Waals surface area contributed by atoms with Crippen molar-refractivity contribution in [3.63, 3.8) is 0 Å². The smallest absolute Gasteiger partial charge is 0.338 e. The SMILES string of the molecule is COc1ncnc2c1c(C#C[Si](C)(C)C)nn2[C@@H]1O[C@H](COC(=O)c2ccccc2)[C@@H](OC(=O)c2ccccc2)[C@H]1OC(=O)c1ccccc1. The predicted octanol–water partition coefficient (Wildman–Crippen LogP) is 5.27. The Balaban J connectivity index is 1.45. The van der Waals surface area contributed by atoms with Gasteiger partial charge in [0.05, 0.1) is 23.8 Å². The van der Waals surface area contributed by atoms with Crippen LogP contribution in [0.15, 0.2) is 97.3 Å². The molecular weight excluding hydrogens is 657 g/mol. The Kier molecular flexibility index (Phi) is 10.0. The fourth-order valence-corrected chi connectivity index (χ4v) is 5.76.